The van der Waals surface area contributed by atoms with Crippen molar-refractivity contribution in [1.82, 2.24) is 19.7 Å². The van der Waals surface area contributed by atoms with Crippen molar-refractivity contribution in [1.29, 1.82) is 0 Å². The Morgan fingerprint density at radius 2 is 2.12 bits per heavy atom. The summed E-state index contributed by atoms with van der Waals surface area (Å²) in [4.78, 5) is 20.7. The number of rotatable bonds is 4. The van der Waals surface area contributed by atoms with Gasteiger partial charge in [-0.2, -0.15) is 5.10 Å². The molecule has 0 spiro atoms. The van der Waals surface area contributed by atoms with Crippen LogP contribution in [0.2, 0.25) is 0 Å². The van der Waals surface area contributed by atoms with Gasteiger partial charge in [-0.1, -0.05) is 0 Å². The molecular weight excluding hydrogens is 306 g/mol. The van der Waals surface area contributed by atoms with Gasteiger partial charge in [0, 0.05) is 58.9 Å². The van der Waals surface area contributed by atoms with Crippen LogP contribution in [-0.2, 0) is 7.05 Å². The number of pyridine rings is 1. The van der Waals surface area contributed by atoms with E-state index in [0.29, 0.717) is 18.8 Å². The third-order valence-corrected chi connectivity index (χ3v) is 4.60. The summed E-state index contributed by atoms with van der Waals surface area (Å²) in [7, 11) is 5.73. The Labute approximate surface area is 141 Å². The first kappa shape index (κ1) is 16.4. The molecule has 1 fully saturated rings. The molecule has 24 heavy (non-hydrogen) atoms. The van der Waals surface area contributed by atoms with Crippen molar-refractivity contribution in [2.45, 2.75) is 5.92 Å². The molecule has 1 saturated heterocycles. The van der Waals surface area contributed by atoms with Crippen LogP contribution in [0.25, 0.3) is 0 Å². The van der Waals surface area contributed by atoms with Crippen molar-refractivity contribution in [3.05, 3.63) is 42.0 Å². The quantitative estimate of drug-likeness (QED) is 0.895. The maximum Gasteiger partial charge on any atom is 0.272 e. The van der Waals surface area contributed by atoms with Crippen molar-refractivity contribution in [2.75, 3.05) is 38.7 Å². The number of aliphatic hydroxyl groups excluding tert-OH is 1. The van der Waals surface area contributed by atoms with Crippen LogP contribution in [0.5, 0.6) is 0 Å². The van der Waals surface area contributed by atoms with E-state index >= 15 is 0 Å². The SMILES string of the molecule is CN(C)c1ccc(C(=O)N2C[C@@H](CO)[C@H](c3cnn(C)c3)C2)nc1. The van der Waals surface area contributed by atoms with E-state index in [4.69, 9.17) is 0 Å². The lowest BCUT2D eigenvalue weighted by molar-refractivity contribution is 0.0775. The molecule has 1 aliphatic heterocycles. The van der Waals surface area contributed by atoms with Crippen molar-refractivity contribution in [3.8, 4) is 0 Å². The van der Waals surface area contributed by atoms with E-state index < -0.39 is 0 Å². The van der Waals surface area contributed by atoms with Gasteiger partial charge in [0.05, 0.1) is 18.1 Å². The minimum absolute atomic E-state index is 0.0270. The van der Waals surface area contributed by atoms with E-state index in [-0.39, 0.29) is 24.3 Å². The number of aliphatic hydroxyl groups is 1. The summed E-state index contributed by atoms with van der Waals surface area (Å²) in [5, 5.41) is 13.9. The zero-order chi connectivity index (χ0) is 17.3. The van der Waals surface area contributed by atoms with Crippen LogP contribution in [-0.4, -0.2) is 64.5 Å². The average molecular weight is 329 g/mol. The lowest BCUT2D eigenvalue weighted by atomic mass is 9.92. The number of carbonyl (C=O) groups excluding carboxylic acids is 1. The van der Waals surface area contributed by atoms with Gasteiger partial charge in [0.1, 0.15) is 5.69 Å². The zero-order valence-electron chi connectivity index (χ0n) is 14.3. The second-order valence-electron chi connectivity index (χ2n) is 6.50. The predicted octanol–water partition coefficient (Wildman–Crippen LogP) is 0.729. The number of aromatic nitrogens is 3. The molecule has 2 aromatic heterocycles. The van der Waals surface area contributed by atoms with Gasteiger partial charge in [0.25, 0.3) is 5.91 Å². The third-order valence-electron chi connectivity index (χ3n) is 4.60. The molecule has 0 aliphatic carbocycles. The Balaban J connectivity index is 1.76. The Morgan fingerprint density at radius 1 is 1.33 bits per heavy atom. The Kier molecular flexibility index (Phi) is 4.53. The molecular formula is C17H23N5O2. The number of hydrogen-bond acceptors (Lipinski definition) is 5. The lowest BCUT2D eigenvalue weighted by Crippen LogP contribution is -2.30. The number of aryl methyl sites for hydroxylation is 1. The summed E-state index contributed by atoms with van der Waals surface area (Å²) in [6.07, 6.45) is 5.46. The fourth-order valence-corrected chi connectivity index (χ4v) is 3.17. The minimum atomic E-state index is -0.0925. The Morgan fingerprint density at radius 3 is 2.67 bits per heavy atom. The summed E-state index contributed by atoms with van der Waals surface area (Å²) in [5.74, 6) is 0.0399. The highest BCUT2D eigenvalue weighted by molar-refractivity contribution is 5.92. The molecule has 128 valence electrons. The number of anilines is 1. The molecule has 3 heterocycles. The molecule has 7 nitrogen and oxygen atoms in total. The van der Waals surface area contributed by atoms with E-state index in [1.165, 1.54) is 0 Å². The molecule has 0 unspecified atom stereocenters. The van der Waals surface area contributed by atoms with E-state index in [0.717, 1.165) is 11.3 Å². The van der Waals surface area contributed by atoms with Gasteiger partial charge < -0.3 is 14.9 Å². The van der Waals surface area contributed by atoms with Crippen molar-refractivity contribution in [2.24, 2.45) is 13.0 Å². The topological polar surface area (TPSA) is 74.5 Å². The van der Waals surface area contributed by atoms with Crippen LogP contribution in [0.4, 0.5) is 5.69 Å². The van der Waals surface area contributed by atoms with Crippen LogP contribution in [0.1, 0.15) is 22.0 Å². The first-order valence-electron chi connectivity index (χ1n) is 8.01. The molecule has 0 saturated carbocycles. The summed E-state index contributed by atoms with van der Waals surface area (Å²) >= 11 is 0. The number of hydrogen-bond donors (Lipinski definition) is 1. The first-order valence-corrected chi connectivity index (χ1v) is 8.01. The van der Waals surface area contributed by atoms with Gasteiger partial charge in [-0.25, -0.2) is 4.98 Å². The number of likely N-dealkylation sites (tertiary alicyclic amines) is 1. The third kappa shape index (κ3) is 3.12. The number of nitrogens with zero attached hydrogens (tertiary/aromatic N) is 5. The normalized spacial score (nSPS) is 20.4. The predicted molar refractivity (Wildman–Crippen MR) is 91.0 cm³/mol. The highest BCUT2D eigenvalue weighted by Crippen LogP contribution is 2.32. The minimum Gasteiger partial charge on any atom is -0.396 e. The molecule has 1 aliphatic rings. The number of amides is 1. The van der Waals surface area contributed by atoms with Gasteiger partial charge in [0.2, 0.25) is 0 Å². The summed E-state index contributed by atoms with van der Waals surface area (Å²) in [6, 6.07) is 3.64. The van der Waals surface area contributed by atoms with Crippen LogP contribution >= 0.6 is 0 Å². The van der Waals surface area contributed by atoms with E-state index in [1.807, 2.05) is 44.5 Å². The van der Waals surface area contributed by atoms with Gasteiger partial charge in [-0.3, -0.25) is 9.48 Å². The second-order valence-corrected chi connectivity index (χ2v) is 6.50. The second kappa shape index (κ2) is 6.60. The smallest absolute Gasteiger partial charge is 0.272 e. The van der Waals surface area contributed by atoms with Crippen LogP contribution in [0, 0.1) is 5.92 Å². The Hall–Kier alpha value is -2.41. The largest absolute Gasteiger partial charge is 0.396 e. The van der Waals surface area contributed by atoms with Crippen molar-refractivity contribution in [3.63, 3.8) is 0 Å². The zero-order valence-corrected chi connectivity index (χ0v) is 14.3. The summed E-state index contributed by atoms with van der Waals surface area (Å²) < 4.78 is 1.75. The highest BCUT2D eigenvalue weighted by atomic mass is 16.3. The molecule has 1 amide bonds. The molecule has 7 heteroatoms. The molecule has 0 radical (unpaired) electrons. The molecule has 0 aromatic carbocycles. The number of carbonyl (C=O) groups is 1. The molecule has 1 N–H and O–H groups in total. The summed E-state index contributed by atoms with van der Waals surface area (Å²) in [5.41, 5.74) is 2.45. The van der Waals surface area contributed by atoms with Crippen LogP contribution in [0.15, 0.2) is 30.7 Å². The molecule has 2 aromatic rings. The maximum absolute atomic E-state index is 12.7. The van der Waals surface area contributed by atoms with E-state index in [1.54, 1.807) is 21.8 Å². The highest BCUT2D eigenvalue weighted by Gasteiger charge is 2.37. The van der Waals surface area contributed by atoms with Crippen molar-refractivity contribution < 1.29 is 9.90 Å². The molecule has 3 rings (SSSR count). The summed E-state index contributed by atoms with van der Waals surface area (Å²) in [6.45, 7) is 1.16. The maximum atomic E-state index is 12.7. The fraction of sp³-hybridized carbons (Fsp3) is 0.471. The average Bonchev–Trinajstić information content (AvgIpc) is 3.20. The van der Waals surface area contributed by atoms with Crippen LogP contribution < -0.4 is 4.90 Å². The van der Waals surface area contributed by atoms with Crippen LogP contribution in [0.3, 0.4) is 0 Å². The standard InChI is InChI=1S/C17H23N5O2/c1-20(2)14-4-5-16(18-7-14)17(24)22-9-13(11-23)15(10-22)12-6-19-21(3)8-12/h4-8,13,15,23H,9-11H2,1-3H3/t13-,15-/m0/s1. The Bertz CT molecular complexity index is 710. The fourth-order valence-electron chi connectivity index (χ4n) is 3.17. The van der Waals surface area contributed by atoms with Gasteiger partial charge in [-0.05, 0) is 17.7 Å². The monoisotopic (exact) mass is 329 g/mol. The lowest BCUT2D eigenvalue weighted by Gasteiger charge is -2.17. The van der Waals surface area contributed by atoms with Gasteiger partial charge >= 0.3 is 0 Å². The molecule has 2 atom stereocenters. The first-order chi connectivity index (χ1) is 11.5. The van der Waals surface area contributed by atoms with E-state index in [9.17, 15) is 9.90 Å². The molecule has 0 bridgehead atoms. The van der Waals surface area contributed by atoms with Crippen molar-refractivity contribution >= 4 is 11.6 Å². The van der Waals surface area contributed by atoms with Gasteiger partial charge in [0.15, 0.2) is 0 Å². The van der Waals surface area contributed by atoms with E-state index in [2.05, 4.69) is 10.1 Å². The van der Waals surface area contributed by atoms with Gasteiger partial charge in [-0.15, -0.1) is 0 Å².